The van der Waals surface area contributed by atoms with Crippen molar-refractivity contribution < 1.29 is 19.5 Å². The van der Waals surface area contributed by atoms with Gasteiger partial charge in [-0.05, 0) is 32.6 Å². The van der Waals surface area contributed by atoms with Gasteiger partial charge in [0.05, 0.1) is 20.6 Å². The van der Waals surface area contributed by atoms with Gasteiger partial charge in [-0.15, -0.1) is 0 Å². The van der Waals surface area contributed by atoms with Gasteiger partial charge < -0.3 is 14.7 Å². The quantitative estimate of drug-likeness (QED) is 0.115. The second-order valence-electron chi connectivity index (χ2n) is 11.2. The molecule has 0 aromatic rings. The van der Waals surface area contributed by atoms with Crippen LogP contribution in [0.15, 0.2) is 0 Å². The highest BCUT2D eigenvalue weighted by atomic mass is 16.4. The van der Waals surface area contributed by atoms with Crippen LogP contribution in [0.5, 0.6) is 0 Å². The lowest BCUT2D eigenvalue weighted by atomic mass is 9.96. The number of carboxylic acids is 1. The number of carboxylic acid groups (broad SMARTS) is 1. The zero-order valence-electron chi connectivity index (χ0n) is 22.3. The Morgan fingerprint density at radius 1 is 0.688 bits per heavy atom. The van der Waals surface area contributed by atoms with E-state index in [2.05, 4.69) is 21.0 Å². The Kier molecular flexibility index (Phi) is 19.4. The Labute approximate surface area is 200 Å². The minimum Gasteiger partial charge on any atom is -0.481 e. The fourth-order valence-electron chi connectivity index (χ4n) is 4.95. The fraction of sp³-hybridized carbons (Fsp3) is 0.964. The summed E-state index contributed by atoms with van der Waals surface area (Å²) in [6.45, 7) is 6.22. The standard InChI is InChI=1S/C28H57NO3/c1-5-6-7-8-9-10-11-12-13-15-18-21-24-28(2,32)26-29(3,4)25-22-19-16-14-17-20-23-27(30)31/h32H,5-26H2,1-4H3/p+1. The molecule has 0 heterocycles. The number of unbranched alkanes of at least 4 members (excludes halogenated alkanes) is 16. The van der Waals surface area contributed by atoms with Crippen molar-refractivity contribution in [1.82, 2.24) is 0 Å². The predicted molar refractivity (Wildman–Crippen MR) is 138 cm³/mol. The summed E-state index contributed by atoms with van der Waals surface area (Å²) in [6.07, 6.45) is 24.0. The summed E-state index contributed by atoms with van der Waals surface area (Å²) in [7, 11) is 4.48. The van der Waals surface area contributed by atoms with Crippen molar-refractivity contribution in [3.63, 3.8) is 0 Å². The molecule has 0 saturated carbocycles. The lowest BCUT2D eigenvalue weighted by Gasteiger charge is -2.36. The topological polar surface area (TPSA) is 57.5 Å². The highest BCUT2D eigenvalue weighted by Gasteiger charge is 2.29. The number of likely N-dealkylation sites (N-methyl/N-ethyl adjacent to an activating group) is 1. The highest BCUT2D eigenvalue weighted by molar-refractivity contribution is 5.66. The number of hydrogen-bond acceptors (Lipinski definition) is 2. The Bertz CT molecular complexity index is 434. The summed E-state index contributed by atoms with van der Waals surface area (Å²) in [4.78, 5) is 10.5. The summed E-state index contributed by atoms with van der Waals surface area (Å²) >= 11 is 0. The van der Waals surface area contributed by atoms with E-state index in [1.807, 2.05) is 6.92 Å². The maximum atomic E-state index is 10.9. The third-order valence-electron chi connectivity index (χ3n) is 6.74. The molecule has 32 heavy (non-hydrogen) atoms. The Morgan fingerprint density at radius 3 is 1.56 bits per heavy atom. The van der Waals surface area contributed by atoms with Crippen molar-refractivity contribution in [3.05, 3.63) is 0 Å². The van der Waals surface area contributed by atoms with E-state index in [4.69, 9.17) is 5.11 Å². The van der Waals surface area contributed by atoms with Crippen molar-refractivity contribution in [2.24, 2.45) is 0 Å². The molecule has 0 aromatic carbocycles. The van der Waals surface area contributed by atoms with Crippen LogP contribution in [0.2, 0.25) is 0 Å². The van der Waals surface area contributed by atoms with E-state index in [9.17, 15) is 9.90 Å². The molecule has 0 saturated heterocycles. The average molecular weight is 457 g/mol. The number of rotatable bonds is 24. The first-order valence-corrected chi connectivity index (χ1v) is 13.9. The number of carbonyl (C=O) groups is 1. The monoisotopic (exact) mass is 456 g/mol. The van der Waals surface area contributed by atoms with Crippen LogP contribution in [0.1, 0.15) is 142 Å². The van der Waals surface area contributed by atoms with Crippen molar-refractivity contribution in [2.45, 2.75) is 148 Å². The maximum Gasteiger partial charge on any atom is 0.303 e. The predicted octanol–water partition coefficient (Wildman–Crippen LogP) is 7.72. The molecule has 0 aliphatic carbocycles. The first-order chi connectivity index (χ1) is 15.2. The second kappa shape index (κ2) is 19.8. The summed E-state index contributed by atoms with van der Waals surface area (Å²) in [5.41, 5.74) is -0.571. The molecule has 0 aliphatic rings. The number of aliphatic hydroxyl groups is 1. The molecule has 0 spiro atoms. The molecular formula is C28H58NO3+. The molecule has 192 valence electrons. The smallest absolute Gasteiger partial charge is 0.303 e. The number of hydrogen-bond donors (Lipinski definition) is 2. The van der Waals surface area contributed by atoms with Gasteiger partial charge in [0.15, 0.2) is 0 Å². The maximum absolute atomic E-state index is 10.9. The van der Waals surface area contributed by atoms with Crippen molar-refractivity contribution >= 4 is 5.97 Å². The SMILES string of the molecule is CCCCCCCCCCCCCCC(C)(O)C[N+](C)(C)CCCCCCCCC(=O)O. The van der Waals surface area contributed by atoms with E-state index in [1.54, 1.807) is 0 Å². The first kappa shape index (κ1) is 31.4. The van der Waals surface area contributed by atoms with Crippen molar-refractivity contribution in [3.8, 4) is 0 Å². The van der Waals surface area contributed by atoms with Gasteiger partial charge >= 0.3 is 5.97 Å². The molecule has 0 aromatic heterocycles. The van der Waals surface area contributed by atoms with Crippen LogP contribution in [0, 0.1) is 0 Å². The fourth-order valence-corrected chi connectivity index (χ4v) is 4.95. The van der Waals surface area contributed by atoms with Crippen LogP contribution in [-0.2, 0) is 4.79 Å². The molecule has 4 nitrogen and oxygen atoms in total. The third-order valence-corrected chi connectivity index (χ3v) is 6.74. The summed E-state index contributed by atoms with van der Waals surface area (Å²) in [5, 5.41) is 19.6. The molecule has 1 unspecified atom stereocenters. The number of quaternary nitrogens is 1. The van der Waals surface area contributed by atoms with Crippen molar-refractivity contribution in [1.29, 1.82) is 0 Å². The zero-order chi connectivity index (χ0) is 24.1. The van der Waals surface area contributed by atoms with Crippen LogP contribution < -0.4 is 0 Å². The summed E-state index contributed by atoms with van der Waals surface area (Å²) < 4.78 is 0.879. The number of aliphatic carboxylic acids is 1. The first-order valence-electron chi connectivity index (χ1n) is 13.9. The molecule has 2 N–H and O–H groups in total. The van der Waals surface area contributed by atoms with Gasteiger partial charge in [-0.2, -0.15) is 0 Å². The molecular weight excluding hydrogens is 398 g/mol. The Hall–Kier alpha value is -0.610. The molecule has 0 amide bonds. The molecule has 0 radical (unpaired) electrons. The van der Waals surface area contributed by atoms with Crippen molar-refractivity contribution in [2.75, 3.05) is 27.2 Å². The van der Waals surface area contributed by atoms with Gasteiger partial charge in [0.1, 0.15) is 12.1 Å². The van der Waals surface area contributed by atoms with Crippen LogP contribution in [-0.4, -0.2) is 53.5 Å². The van der Waals surface area contributed by atoms with Crippen LogP contribution in [0.4, 0.5) is 0 Å². The van der Waals surface area contributed by atoms with E-state index < -0.39 is 11.6 Å². The zero-order valence-corrected chi connectivity index (χ0v) is 22.3. The van der Waals surface area contributed by atoms with E-state index in [-0.39, 0.29) is 0 Å². The molecule has 1 atom stereocenters. The molecule has 0 rings (SSSR count). The van der Waals surface area contributed by atoms with Crippen LogP contribution >= 0.6 is 0 Å². The lowest BCUT2D eigenvalue weighted by molar-refractivity contribution is -0.896. The highest BCUT2D eigenvalue weighted by Crippen LogP contribution is 2.20. The Morgan fingerprint density at radius 2 is 1.09 bits per heavy atom. The minimum atomic E-state index is -0.681. The minimum absolute atomic E-state index is 0.304. The van der Waals surface area contributed by atoms with E-state index in [0.29, 0.717) is 6.42 Å². The van der Waals surface area contributed by atoms with E-state index in [0.717, 1.165) is 49.7 Å². The summed E-state index contributed by atoms with van der Waals surface area (Å²) in [6, 6.07) is 0. The van der Waals surface area contributed by atoms with Crippen LogP contribution in [0.3, 0.4) is 0 Å². The van der Waals surface area contributed by atoms with Gasteiger partial charge in [-0.1, -0.05) is 103 Å². The van der Waals surface area contributed by atoms with Gasteiger partial charge in [-0.3, -0.25) is 4.79 Å². The van der Waals surface area contributed by atoms with Gasteiger partial charge in [0, 0.05) is 6.42 Å². The summed E-state index contributed by atoms with van der Waals surface area (Å²) in [5.74, 6) is -0.681. The number of nitrogens with zero attached hydrogens (tertiary/aromatic N) is 1. The molecule has 4 heteroatoms. The molecule has 0 bridgehead atoms. The molecule has 0 aliphatic heterocycles. The third kappa shape index (κ3) is 22.6. The lowest BCUT2D eigenvalue weighted by Crippen LogP contribution is -2.50. The van der Waals surface area contributed by atoms with Crippen LogP contribution in [0.25, 0.3) is 0 Å². The van der Waals surface area contributed by atoms with E-state index >= 15 is 0 Å². The van der Waals surface area contributed by atoms with Gasteiger partial charge in [0.25, 0.3) is 0 Å². The average Bonchev–Trinajstić information content (AvgIpc) is 2.69. The normalized spacial score (nSPS) is 13.9. The molecule has 0 fully saturated rings. The largest absolute Gasteiger partial charge is 0.481 e. The van der Waals surface area contributed by atoms with Gasteiger partial charge in [0.2, 0.25) is 0 Å². The second-order valence-corrected chi connectivity index (χ2v) is 11.2. The Balaban J connectivity index is 3.66. The van der Waals surface area contributed by atoms with E-state index in [1.165, 1.54) is 89.9 Å². The van der Waals surface area contributed by atoms with Gasteiger partial charge in [-0.25, -0.2) is 0 Å².